The molecule has 0 aromatic heterocycles. The topological polar surface area (TPSA) is 52.6 Å². The maximum atomic E-state index is 11.2. The van der Waals surface area contributed by atoms with Gasteiger partial charge >= 0.3 is 0 Å². The van der Waals surface area contributed by atoms with E-state index in [0.29, 0.717) is 19.4 Å². The molecule has 4 heteroatoms. The van der Waals surface area contributed by atoms with Gasteiger partial charge in [0, 0.05) is 32.7 Å². The van der Waals surface area contributed by atoms with E-state index in [1.54, 1.807) is 7.05 Å². The molecule has 0 aliphatic carbocycles. The Bertz CT molecular complexity index is 376. The van der Waals surface area contributed by atoms with Crippen molar-refractivity contribution in [1.82, 2.24) is 5.32 Å². The van der Waals surface area contributed by atoms with Crippen LogP contribution in [0.5, 0.6) is 0 Å². The van der Waals surface area contributed by atoms with Crippen molar-refractivity contribution in [2.45, 2.75) is 25.9 Å². The van der Waals surface area contributed by atoms with Crippen molar-refractivity contribution in [2.24, 2.45) is 0 Å². The number of nitrogens with one attached hydrogen (secondary N) is 1. The average molecular weight is 250 g/mol. The van der Waals surface area contributed by atoms with Crippen molar-refractivity contribution in [3.63, 3.8) is 0 Å². The fraction of sp³-hybridized carbons (Fsp3) is 0.500. The second-order valence-corrected chi connectivity index (χ2v) is 4.36. The third-order valence-electron chi connectivity index (χ3n) is 3.06. The molecule has 1 aromatic carbocycles. The summed E-state index contributed by atoms with van der Waals surface area (Å²) in [6.45, 7) is 2.63. The van der Waals surface area contributed by atoms with Gasteiger partial charge in [-0.2, -0.15) is 0 Å². The number of aliphatic hydroxyl groups is 1. The van der Waals surface area contributed by atoms with Crippen molar-refractivity contribution in [1.29, 1.82) is 0 Å². The van der Waals surface area contributed by atoms with Gasteiger partial charge in [0.25, 0.3) is 0 Å². The van der Waals surface area contributed by atoms with Crippen LogP contribution in [-0.2, 0) is 4.79 Å². The Morgan fingerprint density at radius 3 is 2.50 bits per heavy atom. The Balaban J connectivity index is 2.58. The molecule has 0 fully saturated rings. The molecule has 1 rings (SSSR count). The largest absolute Gasteiger partial charge is 0.388 e. The van der Waals surface area contributed by atoms with Gasteiger partial charge in [0.05, 0.1) is 6.10 Å². The van der Waals surface area contributed by atoms with Gasteiger partial charge in [-0.1, -0.05) is 19.1 Å². The molecule has 18 heavy (non-hydrogen) atoms. The van der Waals surface area contributed by atoms with Crippen LogP contribution in [0.2, 0.25) is 0 Å². The van der Waals surface area contributed by atoms with E-state index in [4.69, 9.17) is 0 Å². The van der Waals surface area contributed by atoms with Crippen LogP contribution < -0.4 is 10.2 Å². The van der Waals surface area contributed by atoms with Gasteiger partial charge in [-0.15, -0.1) is 0 Å². The fourth-order valence-electron chi connectivity index (χ4n) is 1.71. The molecule has 0 saturated heterocycles. The van der Waals surface area contributed by atoms with Crippen LogP contribution in [0.15, 0.2) is 24.3 Å². The van der Waals surface area contributed by atoms with Crippen molar-refractivity contribution in [3.05, 3.63) is 29.8 Å². The first-order valence-electron chi connectivity index (χ1n) is 6.28. The standard InChI is InChI=1S/C14H22N2O2/c1-4-13(17)11-5-7-12(8-6-11)16(3)10-9-14(18)15-2/h5-8,13,17H,4,9-10H2,1-3H3,(H,15,18)/t13-/m0/s1. The van der Waals surface area contributed by atoms with E-state index >= 15 is 0 Å². The average Bonchev–Trinajstić information content (AvgIpc) is 2.43. The number of carbonyl (C=O) groups excluding carboxylic acids is 1. The zero-order valence-electron chi connectivity index (χ0n) is 11.3. The van der Waals surface area contributed by atoms with Gasteiger partial charge in [0.15, 0.2) is 0 Å². The summed E-state index contributed by atoms with van der Waals surface area (Å²) in [6.07, 6.45) is 0.799. The number of aliphatic hydroxyl groups excluding tert-OH is 1. The van der Waals surface area contributed by atoms with Gasteiger partial charge in [-0.05, 0) is 24.1 Å². The van der Waals surface area contributed by atoms with Gasteiger partial charge in [-0.25, -0.2) is 0 Å². The fourth-order valence-corrected chi connectivity index (χ4v) is 1.71. The lowest BCUT2D eigenvalue weighted by molar-refractivity contribution is -0.120. The lowest BCUT2D eigenvalue weighted by atomic mass is 10.1. The highest BCUT2D eigenvalue weighted by Crippen LogP contribution is 2.20. The summed E-state index contributed by atoms with van der Waals surface area (Å²) < 4.78 is 0. The zero-order valence-corrected chi connectivity index (χ0v) is 11.3. The SMILES string of the molecule is CC[C@H](O)c1ccc(N(C)CCC(=O)NC)cc1. The molecule has 0 radical (unpaired) electrons. The maximum Gasteiger partial charge on any atom is 0.221 e. The predicted octanol–water partition coefficient (Wildman–Crippen LogP) is 1.70. The maximum absolute atomic E-state index is 11.2. The highest BCUT2D eigenvalue weighted by Gasteiger charge is 2.07. The molecule has 1 aromatic rings. The Kier molecular flexibility index (Phi) is 5.65. The van der Waals surface area contributed by atoms with Gasteiger partial charge in [0.2, 0.25) is 5.91 Å². The molecule has 4 nitrogen and oxygen atoms in total. The predicted molar refractivity (Wildman–Crippen MR) is 73.6 cm³/mol. The summed E-state index contributed by atoms with van der Waals surface area (Å²) >= 11 is 0. The first kappa shape index (κ1) is 14.5. The number of hydrogen-bond donors (Lipinski definition) is 2. The molecule has 0 aliphatic heterocycles. The van der Waals surface area contributed by atoms with E-state index in [9.17, 15) is 9.90 Å². The van der Waals surface area contributed by atoms with E-state index < -0.39 is 6.10 Å². The molecule has 0 aliphatic rings. The van der Waals surface area contributed by atoms with Crippen molar-refractivity contribution < 1.29 is 9.90 Å². The van der Waals surface area contributed by atoms with Crippen molar-refractivity contribution in [3.8, 4) is 0 Å². The molecule has 0 heterocycles. The van der Waals surface area contributed by atoms with Crippen LogP contribution in [0, 0.1) is 0 Å². The lowest BCUT2D eigenvalue weighted by Crippen LogP contribution is -2.26. The number of anilines is 1. The van der Waals surface area contributed by atoms with E-state index in [0.717, 1.165) is 11.3 Å². The minimum atomic E-state index is -0.393. The number of nitrogens with zero attached hydrogens (tertiary/aromatic N) is 1. The van der Waals surface area contributed by atoms with Crippen LogP contribution in [0.1, 0.15) is 31.4 Å². The van der Waals surface area contributed by atoms with Crippen molar-refractivity contribution in [2.75, 3.05) is 25.5 Å². The molecule has 0 unspecified atom stereocenters. The molecule has 2 N–H and O–H groups in total. The molecule has 1 atom stereocenters. The number of hydrogen-bond acceptors (Lipinski definition) is 3. The zero-order chi connectivity index (χ0) is 13.5. The highest BCUT2D eigenvalue weighted by molar-refractivity contribution is 5.76. The number of benzene rings is 1. The first-order valence-corrected chi connectivity index (χ1v) is 6.28. The van der Waals surface area contributed by atoms with E-state index in [1.165, 1.54) is 0 Å². The minimum Gasteiger partial charge on any atom is -0.388 e. The third kappa shape index (κ3) is 4.04. The van der Waals surface area contributed by atoms with Gasteiger partial charge < -0.3 is 15.3 Å². The molecule has 1 amide bonds. The third-order valence-corrected chi connectivity index (χ3v) is 3.06. The monoisotopic (exact) mass is 250 g/mol. The summed E-state index contributed by atoms with van der Waals surface area (Å²) in [5.41, 5.74) is 1.98. The second kappa shape index (κ2) is 7.01. The van der Waals surface area contributed by atoms with Crippen LogP contribution in [0.3, 0.4) is 0 Å². The minimum absolute atomic E-state index is 0.0416. The number of rotatable bonds is 6. The van der Waals surface area contributed by atoms with E-state index in [1.807, 2.05) is 43.1 Å². The lowest BCUT2D eigenvalue weighted by Gasteiger charge is -2.19. The van der Waals surface area contributed by atoms with Crippen LogP contribution in [-0.4, -0.2) is 31.7 Å². The second-order valence-electron chi connectivity index (χ2n) is 4.36. The number of carbonyl (C=O) groups is 1. The van der Waals surface area contributed by atoms with Crippen LogP contribution in [0.25, 0.3) is 0 Å². The molecule has 0 spiro atoms. The summed E-state index contributed by atoms with van der Waals surface area (Å²) in [7, 11) is 3.59. The Morgan fingerprint density at radius 1 is 1.39 bits per heavy atom. The highest BCUT2D eigenvalue weighted by atomic mass is 16.3. The van der Waals surface area contributed by atoms with Crippen LogP contribution in [0.4, 0.5) is 5.69 Å². The molecular weight excluding hydrogens is 228 g/mol. The number of amides is 1. The summed E-state index contributed by atoms with van der Waals surface area (Å²) in [5, 5.41) is 12.3. The van der Waals surface area contributed by atoms with E-state index in [-0.39, 0.29) is 5.91 Å². The van der Waals surface area contributed by atoms with Gasteiger partial charge in [0.1, 0.15) is 0 Å². The summed E-state index contributed by atoms with van der Waals surface area (Å²) in [6, 6.07) is 7.80. The first-order chi connectivity index (χ1) is 8.58. The molecule has 0 bridgehead atoms. The molecule has 0 saturated carbocycles. The Labute approximate surface area is 109 Å². The Morgan fingerprint density at radius 2 is 2.00 bits per heavy atom. The molecular formula is C14H22N2O2. The van der Waals surface area contributed by atoms with Crippen LogP contribution >= 0.6 is 0 Å². The summed E-state index contributed by atoms with van der Waals surface area (Å²) in [5.74, 6) is 0.0416. The summed E-state index contributed by atoms with van der Waals surface area (Å²) in [4.78, 5) is 13.2. The van der Waals surface area contributed by atoms with Crippen molar-refractivity contribution >= 4 is 11.6 Å². The van der Waals surface area contributed by atoms with Gasteiger partial charge in [-0.3, -0.25) is 4.79 Å². The van der Waals surface area contributed by atoms with E-state index in [2.05, 4.69) is 5.32 Å². The Hall–Kier alpha value is -1.55. The quantitative estimate of drug-likeness (QED) is 0.808. The smallest absolute Gasteiger partial charge is 0.221 e. The normalized spacial score (nSPS) is 12.0. The molecule has 100 valence electrons.